The molecule has 7 heteroatoms. The maximum absolute atomic E-state index is 14.8. The molecule has 0 saturated heterocycles. The highest BCUT2D eigenvalue weighted by Gasteiger charge is 2.22. The Morgan fingerprint density at radius 2 is 1.64 bits per heavy atom. The Kier molecular flexibility index (Phi) is 5.54. The zero-order chi connectivity index (χ0) is 20.3. The summed E-state index contributed by atoms with van der Waals surface area (Å²) in [5, 5.41) is 8.67. The zero-order valence-electron chi connectivity index (χ0n) is 14.8. The first-order valence-electron chi connectivity index (χ1n) is 8.29. The molecule has 144 valence electrons. The van der Waals surface area contributed by atoms with Gasteiger partial charge >= 0.3 is 5.97 Å². The number of hydrogen-bond donors (Lipinski definition) is 1. The fourth-order valence-corrected chi connectivity index (χ4v) is 2.78. The van der Waals surface area contributed by atoms with Gasteiger partial charge in [-0.15, -0.1) is 0 Å². The van der Waals surface area contributed by atoms with Crippen LogP contribution < -0.4 is 9.64 Å². The summed E-state index contributed by atoms with van der Waals surface area (Å²) in [6.45, 7) is -0.788. The number of ether oxygens (including phenoxy) is 1. The average molecular weight is 387 g/mol. The third kappa shape index (κ3) is 3.93. The van der Waals surface area contributed by atoms with Crippen LogP contribution in [0.15, 0.2) is 60.7 Å². The van der Waals surface area contributed by atoms with Crippen molar-refractivity contribution in [3.8, 4) is 16.9 Å². The van der Waals surface area contributed by atoms with Gasteiger partial charge in [-0.25, -0.2) is 18.0 Å². The normalized spacial score (nSPS) is 10.6. The highest BCUT2D eigenvalue weighted by Crippen LogP contribution is 2.36. The largest absolute Gasteiger partial charge is 0.479 e. The second kappa shape index (κ2) is 8.04. The molecule has 0 aromatic heterocycles. The molecule has 0 aliphatic rings. The fourth-order valence-electron chi connectivity index (χ4n) is 2.78. The number of nitrogens with zero attached hydrogens (tertiary/aromatic N) is 1. The van der Waals surface area contributed by atoms with Crippen LogP contribution in [-0.4, -0.2) is 24.7 Å². The Morgan fingerprint density at radius 1 is 0.964 bits per heavy atom. The van der Waals surface area contributed by atoms with Crippen molar-refractivity contribution in [1.29, 1.82) is 0 Å². The topological polar surface area (TPSA) is 49.8 Å². The van der Waals surface area contributed by atoms with Crippen molar-refractivity contribution in [2.45, 2.75) is 0 Å². The number of carbonyl (C=O) groups is 1. The Morgan fingerprint density at radius 3 is 2.32 bits per heavy atom. The number of aliphatic carboxylic acids is 1. The van der Waals surface area contributed by atoms with E-state index in [1.54, 1.807) is 6.07 Å². The van der Waals surface area contributed by atoms with E-state index in [1.165, 1.54) is 19.2 Å². The molecule has 0 heterocycles. The monoisotopic (exact) mass is 387 g/mol. The number of carboxylic acid groups (broad SMARTS) is 1. The number of rotatable bonds is 6. The van der Waals surface area contributed by atoms with Crippen LogP contribution in [0, 0.1) is 17.5 Å². The summed E-state index contributed by atoms with van der Waals surface area (Å²) in [6.07, 6.45) is 0. The fraction of sp³-hybridized carbons (Fsp3) is 0.0952. The molecule has 3 aromatic rings. The van der Waals surface area contributed by atoms with E-state index in [-0.39, 0.29) is 5.69 Å². The second-order valence-electron chi connectivity index (χ2n) is 5.98. The molecule has 4 nitrogen and oxygen atoms in total. The lowest BCUT2D eigenvalue weighted by Gasteiger charge is -2.23. The van der Waals surface area contributed by atoms with Gasteiger partial charge in [0, 0.05) is 7.05 Å². The highest BCUT2D eigenvalue weighted by molar-refractivity contribution is 5.73. The lowest BCUT2D eigenvalue weighted by atomic mass is 10.0. The number of anilines is 2. The number of benzene rings is 3. The van der Waals surface area contributed by atoms with E-state index >= 15 is 0 Å². The van der Waals surface area contributed by atoms with E-state index < -0.39 is 41.5 Å². The molecular formula is C21H16F3NO3. The molecular weight excluding hydrogens is 371 g/mol. The molecule has 1 N–H and O–H groups in total. The molecule has 0 aliphatic heterocycles. The van der Waals surface area contributed by atoms with E-state index in [9.17, 15) is 18.0 Å². The number of hydrogen-bond acceptors (Lipinski definition) is 3. The smallest absolute Gasteiger partial charge is 0.341 e. The van der Waals surface area contributed by atoms with Gasteiger partial charge in [0.1, 0.15) is 17.3 Å². The van der Waals surface area contributed by atoms with E-state index in [0.29, 0.717) is 5.56 Å². The first-order valence-corrected chi connectivity index (χ1v) is 8.29. The minimum atomic E-state index is -1.31. The molecule has 0 aliphatic carbocycles. The van der Waals surface area contributed by atoms with Gasteiger partial charge in [-0.3, -0.25) is 0 Å². The SMILES string of the molecule is CN(c1cc(-c2ccccc2)ccc1F)c1c(F)ccc(OCC(=O)O)c1F. The number of carboxylic acids is 1. The lowest BCUT2D eigenvalue weighted by Crippen LogP contribution is -2.16. The molecule has 0 bridgehead atoms. The molecule has 0 unspecified atom stereocenters. The van der Waals surface area contributed by atoms with Gasteiger partial charge < -0.3 is 14.7 Å². The molecule has 0 amide bonds. The van der Waals surface area contributed by atoms with E-state index in [0.717, 1.165) is 22.6 Å². The third-order valence-corrected chi connectivity index (χ3v) is 4.13. The van der Waals surface area contributed by atoms with Crippen molar-refractivity contribution in [3.05, 3.63) is 78.1 Å². The Bertz CT molecular complexity index is 1010. The van der Waals surface area contributed by atoms with Crippen molar-refractivity contribution in [2.75, 3.05) is 18.6 Å². The van der Waals surface area contributed by atoms with Crippen LogP contribution in [0.2, 0.25) is 0 Å². The maximum Gasteiger partial charge on any atom is 0.341 e. The summed E-state index contributed by atoms with van der Waals surface area (Å²) < 4.78 is 48.4. The van der Waals surface area contributed by atoms with Gasteiger partial charge in [0.05, 0.1) is 5.69 Å². The quantitative estimate of drug-likeness (QED) is 0.647. The van der Waals surface area contributed by atoms with Crippen molar-refractivity contribution < 1.29 is 27.8 Å². The van der Waals surface area contributed by atoms with Gasteiger partial charge in [-0.2, -0.15) is 0 Å². The van der Waals surface area contributed by atoms with Crippen LogP contribution in [0.3, 0.4) is 0 Å². The molecule has 3 aromatic carbocycles. The summed E-state index contributed by atoms with van der Waals surface area (Å²) in [7, 11) is 1.32. The first kappa shape index (κ1) is 19.3. The lowest BCUT2D eigenvalue weighted by molar-refractivity contribution is -0.139. The molecule has 0 saturated carbocycles. The van der Waals surface area contributed by atoms with Crippen molar-refractivity contribution in [2.24, 2.45) is 0 Å². The third-order valence-electron chi connectivity index (χ3n) is 4.13. The molecule has 28 heavy (non-hydrogen) atoms. The van der Waals surface area contributed by atoms with E-state index in [1.807, 2.05) is 30.3 Å². The Labute approximate surface area is 159 Å². The summed E-state index contributed by atoms with van der Waals surface area (Å²) >= 11 is 0. The number of halogens is 3. The van der Waals surface area contributed by atoms with Gasteiger partial charge in [0.15, 0.2) is 18.2 Å². The van der Waals surface area contributed by atoms with Gasteiger partial charge in [-0.1, -0.05) is 36.4 Å². The Hall–Kier alpha value is -3.48. The van der Waals surface area contributed by atoms with Gasteiger partial charge in [0.25, 0.3) is 0 Å². The second-order valence-corrected chi connectivity index (χ2v) is 5.98. The van der Waals surface area contributed by atoms with Gasteiger partial charge in [-0.05, 0) is 35.4 Å². The van der Waals surface area contributed by atoms with E-state index in [2.05, 4.69) is 0 Å². The summed E-state index contributed by atoms with van der Waals surface area (Å²) in [5.41, 5.74) is 0.890. The van der Waals surface area contributed by atoms with Crippen molar-refractivity contribution in [1.82, 2.24) is 0 Å². The molecule has 0 spiro atoms. The maximum atomic E-state index is 14.8. The van der Waals surface area contributed by atoms with Gasteiger partial charge in [0.2, 0.25) is 0 Å². The van der Waals surface area contributed by atoms with Crippen molar-refractivity contribution >= 4 is 17.3 Å². The summed E-state index contributed by atoms with van der Waals surface area (Å²) in [4.78, 5) is 11.7. The van der Waals surface area contributed by atoms with Crippen LogP contribution in [0.1, 0.15) is 0 Å². The predicted octanol–water partition coefficient (Wildman–Crippen LogP) is 5.00. The minimum absolute atomic E-state index is 0.0467. The minimum Gasteiger partial charge on any atom is -0.479 e. The summed E-state index contributed by atoms with van der Waals surface area (Å²) in [6, 6.07) is 15.3. The standard InChI is InChI=1S/C21H16F3NO3/c1-25(21-16(23)9-10-18(20(21)24)28-12-19(26)27)17-11-14(7-8-15(17)22)13-5-3-2-4-6-13/h2-11H,12H2,1H3,(H,26,27). The van der Waals surface area contributed by atoms with E-state index in [4.69, 9.17) is 9.84 Å². The predicted molar refractivity (Wildman–Crippen MR) is 99.4 cm³/mol. The molecule has 0 atom stereocenters. The zero-order valence-corrected chi connectivity index (χ0v) is 14.8. The van der Waals surface area contributed by atoms with Crippen LogP contribution in [0.25, 0.3) is 11.1 Å². The molecule has 3 rings (SSSR count). The summed E-state index contributed by atoms with van der Waals surface area (Å²) in [5.74, 6) is -4.47. The van der Waals surface area contributed by atoms with Crippen LogP contribution in [0.5, 0.6) is 5.75 Å². The average Bonchev–Trinajstić information content (AvgIpc) is 2.68. The van der Waals surface area contributed by atoms with Crippen LogP contribution in [0.4, 0.5) is 24.5 Å². The van der Waals surface area contributed by atoms with Crippen molar-refractivity contribution in [3.63, 3.8) is 0 Å². The van der Waals surface area contributed by atoms with Crippen LogP contribution in [-0.2, 0) is 4.79 Å². The highest BCUT2D eigenvalue weighted by atomic mass is 19.1. The Balaban J connectivity index is 2.03. The van der Waals surface area contributed by atoms with Crippen LogP contribution >= 0.6 is 0 Å². The molecule has 0 fully saturated rings. The molecule has 0 radical (unpaired) electrons. The first-order chi connectivity index (χ1) is 13.4.